The number of hydrazine groups is 1. The highest BCUT2D eigenvalue weighted by atomic mass is 79.9. The Morgan fingerprint density at radius 3 is 2.70 bits per heavy atom. The number of hydrogen-bond acceptors (Lipinski definition) is 3. The van der Waals surface area contributed by atoms with Crippen molar-refractivity contribution in [3.05, 3.63) is 63.1 Å². The molecule has 0 aliphatic rings. The van der Waals surface area contributed by atoms with Crippen LogP contribution in [0.2, 0.25) is 0 Å². The van der Waals surface area contributed by atoms with Crippen molar-refractivity contribution in [2.75, 3.05) is 0 Å². The highest BCUT2D eigenvalue weighted by molar-refractivity contribution is 9.10. The minimum Gasteiger partial charge on any atom is -0.271 e. The van der Waals surface area contributed by atoms with Gasteiger partial charge in [-0.2, -0.15) is 0 Å². The molecule has 0 saturated carbocycles. The Morgan fingerprint density at radius 2 is 2.05 bits per heavy atom. The lowest BCUT2D eigenvalue weighted by Crippen LogP contribution is -2.30. The molecule has 5 heteroatoms. The van der Waals surface area contributed by atoms with E-state index in [1.807, 2.05) is 32.0 Å². The fourth-order valence-electron chi connectivity index (χ4n) is 2.25. The van der Waals surface area contributed by atoms with Gasteiger partial charge in [-0.3, -0.25) is 16.3 Å². The molecule has 0 fully saturated rings. The molecule has 3 N–H and O–H groups in total. The number of pyridine rings is 1. The molecule has 2 aromatic rings. The van der Waals surface area contributed by atoms with Crippen molar-refractivity contribution >= 4 is 15.9 Å². The van der Waals surface area contributed by atoms with E-state index in [0.29, 0.717) is 10.9 Å². The van der Waals surface area contributed by atoms with Crippen LogP contribution in [0.25, 0.3) is 0 Å². The van der Waals surface area contributed by atoms with E-state index < -0.39 is 0 Å². The van der Waals surface area contributed by atoms with Crippen LogP contribution in [0.1, 0.15) is 28.6 Å². The van der Waals surface area contributed by atoms with E-state index in [1.165, 1.54) is 6.07 Å². The second kappa shape index (κ2) is 6.43. The van der Waals surface area contributed by atoms with Crippen molar-refractivity contribution in [3.8, 4) is 0 Å². The lowest BCUT2D eigenvalue weighted by molar-refractivity contribution is 0.541. The van der Waals surface area contributed by atoms with Gasteiger partial charge in [-0.1, -0.05) is 18.2 Å². The summed E-state index contributed by atoms with van der Waals surface area (Å²) in [6, 6.07) is 8.86. The van der Waals surface area contributed by atoms with Crippen LogP contribution in [0.3, 0.4) is 0 Å². The highest BCUT2D eigenvalue weighted by Gasteiger charge is 2.16. The van der Waals surface area contributed by atoms with Crippen LogP contribution in [0.5, 0.6) is 0 Å². The number of hydrogen-bond donors (Lipinski definition) is 2. The van der Waals surface area contributed by atoms with E-state index in [0.717, 1.165) is 22.5 Å². The molecule has 1 heterocycles. The first-order valence-corrected chi connectivity index (χ1v) is 7.15. The third kappa shape index (κ3) is 3.23. The zero-order valence-electron chi connectivity index (χ0n) is 11.5. The van der Waals surface area contributed by atoms with Gasteiger partial charge in [0, 0.05) is 11.4 Å². The summed E-state index contributed by atoms with van der Waals surface area (Å²) in [6.45, 7) is 3.90. The van der Waals surface area contributed by atoms with E-state index >= 15 is 0 Å². The number of aryl methyl sites for hydroxylation is 2. The van der Waals surface area contributed by atoms with Crippen molar-refractivity contribution in [3.63, 3.8) is 0 Å². The summed E-state index contributed by atoms with van der Waals surface area (Å²) in [5.41, 5.74) is 6.58. The van der Waals surface area contributed by atoms with E-state index in [4.69, 9.17) is 5.84 Å². The lowest BCUT2D eigenvalue weighted by Gasteiger charge is -2.19. The summed E-state index contributed by atoms with van der Waals surface area (Å²) in [4.78, 5) is 4.44. The van der Waals surface area contributed by atoms with Crippen LogP contribution in [0.15, 0.2) is 34.8 Å². The fraction of sp³-hybridized carbons (Fsp3) is 0.267. The Kier molecular flexibility index (Phi) is 4.86. The average Bonchev–Trinajstić information content (AvgIpc) is 2.41. The van der Waals surface area contributed by atoms with Crippen LogP contribution >= 0.6 is 15.9 Å². The average molecular weight is 338 g/mol. The minimum absolute atomic E-state index is 0.110. The monoisotopic (exact) mass is 337 g/mol. The molecule has 0 spiro atoms. The maximum Gasteiger partial charge on any atom is 0.137 e. The summed E-state index contributed by atoms with van der Waals surface area (Å²) in [6.07, 6.45) is 0.584. The molecule has 0 bridgehead atoms. The van der Waals surface area contributed by atoms with Gasteiger partial charge in [-0.15, -0.1) is 0 Å². The maximum atomic E-state index is 13.6. The molecular formula is C15H17BrFN3. The molecule has 0 aliphatic carbocycles. The number of aromatic nitrogens is 1. The van der Waals surface area contributed by atoms with E-state index in [-0.39, 0.29) is 11.9 Å². The van der Waals surface area contributed by atoms with Crippen molar-refractivity contribution in [2.45, 2.75) is 26.3 Å². The second-order valence-corrected chi connectivity index (χ2v) is 5.56. The molecular weight excluding hydrogens is 321 g/mol. The predicted octanol–water partition coefficient (Wildman–Crippen LogP) is 3.35. The first-order chi connectivity index (χ1) is 9.52. The zero-order valence-corrected chi connectivity index (χ0v) is 13.0. The van der Waals surface area contributed by atoms with Gasteiger partial charge in [0.15, 0.2) is 0 Å². The number of halogens is 2. The zero-order chi connectivity index (χ0) is 14.7. The van der Waals surface area contributed by atoms with Crippen molar-refractivity contribution < 1.29 is 4.39 Å². The van der Waals surface area contributed by atoms with Crippen molar-refractivity contribution in [1.82, 2.24) is 10.4 Å². The smallest absolute Gasteiger partial charge is 0.137 e. The van der Waals surface area contributed by atoms with Crippen LogP contribution in [-0.4, -0.2) is 4.98 Å². The first-order valence-electron chi connectivity index (χ1n) is 6.36. The molecule has 106 valence electrons. The molecule has 1 atom stereocenters. The van der Waals surface area contributed by atoms with E-state index in [9.17, 15) is 4.39 Å². The van der Waals surface area contributed by atoms with Gasteiger partial charge < -0.3 is 0 Å². The normalized spacial score (nSPS) is 12.4. The van der Waals surface area contributed by atoms with Gasteiger partial charge in [-0.25, -0.2) is 4.39 Å². The van der Waals surface area contributed by atoms with Crippen LogP contribution in [-0.2, 0) is 6.42 Å². The predicted molar refractivity (Wildman–Crippen MR) is 81.6 cm³/mol. The molecule has 0 saturated heterocycles. The Morgan fingerprint density at radius 1 is 1.30 bits per heavy atom. The van der Waals surface area contributed by atoms with Gasteiger partial charge in [0.05, 0.1) is 10.5 Å². The third-order valence-electron chi connectivity index (χ3n) is 3.30. The van der Waals surface area contributed by atoms with E-state index in [1.54, 1.807) is 6.07 Å². The Labute approximate surface area is 126 Å². The molecule has 0 amide bonds. The molecule has 20 heavy (non-hydrogen) atoms. The molecule has 1 aromatic carbocycles. The molecule has 1 aromatic heterocycles. The first kappa shape index (κ1) is 15.1. The summed E-state index contributed by atoms with van der Waals surface area (Å²) in [5, 5.41) is 0. The van der Waals surface area contributed by atoms with Crippen LogP contribution in [0.4, 0.5) is 4.39 Å². The van der Waals surface area contributed by atoms with Crippen molar-refractivity contribution in [2.24, 2.45) is 5.84 Å². The lowest BCUT2D eigenvalue weighted by atomic mass is 9.98. The Bertz CT molecular complexity index is 616. The number of nitrogens with two attached hydrogens (primary N) is 1. The Hall–Kier alpha value is -1.30. The van der Waals surface area contributed by atoms with Crippen LogP contribution < -0.4 is 11.3 Å². The summed E-state index contributed by atoms with van der Waals surface area (Å²) in [5.74, 6) is 5.39. The van der Waals surface area contributed by atoms with Gasteiger partial charge in [0.25, 0.3) is 0 Å². The SMILES string of the molecule is Cc1ccc(C(Cc2cccc(F)c2Br)NN)c(C)n1. The topological polar surface area (TPSA) is 50.9 Å². The summed E-state index contributed by atoms with van der Waals surface area (Å²) >= 11 is 3.28. The number of nitrogens with one attached hydrogen (secondary N) is 1. The van der Waals surface area contributed by atoms with Crippen LogP contribution in [0, 0.1) is 19.7 Å². The van der Waals surface area contributed by atoms with Gasteiger partial charge >= 0.3 is 0 Å². The Balaban J connectivity index is 2.31. The van der Waals surface area contributed by atoms with Crippen molar-refractivity contribution in [1.29, 1.82) is 0 Å². The number of benzene rings is 1. The molecule has 2 rings (SSSR count). The minimum atomic E-state index is -0.267. The third-order valence-corrected chi connectivity index (χ3v) is 4.19. The van der Waals surface area contributed by atoms with Gasteiger partial charge in [0.2, 0.25) is 0 Å². The highest BCUT2D eigenvalue weighted by Crippen LogP contribution is 2.26. The van der Waals surface area contributed by atoms with Gasteiger partial charge in [0.1, 0.15) is 5.82 Å². The van der Waals surface area contributed by atoms with Gasteiger partial charge in [-0.05, 0) is 59.5 Å². The summed E-state index contributed by atoms with van der Waals surface area (Å²) < 4.78 is 14.0. The molecule has 3 nitrogen and oxygen atoms in total. The quantitative estimate of drug-likeness (QED) is 0.664. The fourth-order valence-corrected chi connectivity index (χ4v) is 2.68. The van der Waals surface area contributed by atoms with E-state index in [2.05, 4.69) is 26.3 Å². The molecule has 0 aliphatic heterocycles. The number of rotatable bonds is 4. The second-order valence-electron chi connectivity index (χ2n) is 4.76. The summed E-state index contributed by atoms with van der Waals surface area (Å²) in [7, 11) is 0. The molecule has 1 unspecified atom stereocenters. The standard InChI is InChI=1S/C15H17BrFN3/c1-9-6-7-12(10(2)19-9)14(20-18)8-11-4-3-5-13(17)15(11)16/h3-7,14,20H,8,18H2,1-2H3. The molecule has 0 radical (unpaired) electrons. The number of nitrogens with zero attached hydrogens (tertiary/aromatic N) is 1. The largest absolute Gasteiger partial charge is 0.271 e. The maximum absolute atomic E-state index is 13.6.